The summed E-state index contributed by atoms with van der Waals surface area (Å²) in [6, 6.07) is 0.416. The third-order valence-electron chi connectivity index (χ3n) is 5.68. The van der Waals surface area contributed by atoms with Crippen LogP contribution in [0.25, 0.3) is 0 Å². The van der Waals surface area contributed by atoms with Crippen LogP contribution in [0.1, 0.15) is 59.3 Å². The van der Waals surface area contributed by atoms with Gasteiger partial charge in [-0.05, 0) is 69.2 Å². The zero-order chi connectivity index (χ0) is 14.7. The summed E-state index contributed by atoms with van der Waals surface area (Å²) in [5.74, 6) is 2.99. The average molecular weight is 280 g/mol. The second kappa shape index (κ2) is 6.93. The Bertz CT molecular complexity index is 323. The Balaban J connectivity index is 1.85. The second-order valence-electron chi connectivity index (χ2n) is 7.43. The van der Waals surface area contributed by atoms with E-state index in [0.29, 0.717) is 35.6 Å². The number of rotatable bonds is 3. The van der Waals surface area contributed by atoms with Crippen molar-refractivity contribution in [3.8, 4) is 0 Å². The fourth-order valence-electron chi connectivity index (χ4n) is 4.08. The van der Waals surface area contributed by atoms with Gasteiger partial charge in [0, 0.05) is 19.0 Å². The zero-order valence-corrected chi connectivity index (χ0v) is 13.5. The van der Waals surface area contributed by atoms with Crippen molar-refractivity contribution in [2.75, 3.05) is 13.1 Å². The molecule has 1 heterocycles. The molecule has 1 saturated carbocycles. The number of amides is 1. The SMILES string of the molecule is CC1CC(C)C(C)N(C(=O)CC2CCC(CN)CC2)C1. The fourth-order valence-corrected chi connectivity index (χ4v) is 4.08. The molecule has 0 radical (unpaired) electrons. The summed E-state index contributed by atoms with van der Waals surface area (Å²) >= 11 is 0. The Labute approximate surface area is 124 Å². The summed E-state index contributed by atoms with van der Waals surface area (Å²) in [5.41, 5.74) is 5.74. The first-order chi connectivity index (χ1) is 9.51. The average Bonchev–Trinajstić information content (AvgIpc) is 2.43. The van der Waals surface area contributed by atoms with E-state index < -0.39 is 0 Å². The molecular formula is C17H32N2O. The minimum atomic E-state index is 0.395. The number of nitrogens with zero attached hydrogens (tertiary/aromatic N) is 1. The predicted octanol–water partition coefficient (Wildman–Crippen LogP) is 3.03. The molecule has 0 aromatic heterocycles. The largest absolute Gasteiger partial charge is 0.339 e. The van der Waals surface area contributed by atoms with Gasteiger partial charge in [0.15, 0.2) is 0 Å². The first kappa shape index (κ1) is 15.8. The maximum atomic E-state index is 12.6. The number of hydrogen-bond acceptors (Lipinski definition) is 2. The number of carbonyl (C=O) groups is 1. The minimum absolute atomic E-state index is 0.395. The van der Waals surface area contributed by atoms with E-state index in [1.165, 1.54) is 32.1 Å². The zero-order valence-electron chi connectivity index (χ0n) is 13.5. The third-order valence-corrected chi connectivity index (χ3v) is 5.68. The van der Waals surface area contributed by atoms with E-state index in [1.807, 2.05) is 0 Å². The third kappa shape index (κ3) is 3.75. The highest BCUT2D eigenvalue weighted by Gasteiger charge is 2.33. The Kier molecular flexibility index (Phi) is 5.48. The molecule has 0 spiro atoms. The van der Waals surface area contributed by atoms with Crippen molar-refractivity contribution in [3.05, 3.63) is 0 Å². The van der Waals surface area contributed by atoms with Crippen LogP contribution in [0.4, 0.5) is 0 Å². The van der Waals surface area contributed by atoms with E-state index in [-0.39, 0.29) is 0 Å². The Morgan fingerprint density at radius 1 is 1.10 bits per heavy atom. The van der Waals surface area contributed by atoms with Crippen molar-refractivity contribution in [3.63, 3.8) is 0 Å². The Morgan fingerprint density at radius 2 is 1.70 bits per heavy atom. The molecule has 2 aliphatic rings. The lowest BCUT2D eigenvalue weighted by molar-refractivity contribution is -0.138. The summed E-state index contributed by atoms with van der Waals surface area (Å²) in [6.45, 7) is 8.56. The first-order valence-electron chi connectivity index (χ1n) is 8.50. The molecule has 0 aromatic rings. The highest BCUT2D eigenvalue weighted by molar-refractivity contribution is 5.77. The normalized spacial score (nSPS) is 38.8. The molecule has 1 aliphatic heterocycles. The van der Waals surface area contributed by atoms with Gasteiger partial charge in [-0.3, -0.25) is 4.79 Å². The highest BCUT2D eigenvalue weighted by Crippen LogP contribution is 2.32. The van der Waals surface area contributed by atoms with Gasteiger partial charge in [-0.25, -0.2) is 0 Å². The van der Waals surface area contributed by atoms with Crippen molar-refractivity contribution in [1.82, 2.24) is 4.90 Å². The van der Waals surface area contributed by atoms with Crippen molar-refractivity contribution >= 4 is 5.91 Å². The second-order valence-corrected chi connectivity index (χ2v) is 7.43. The van der Waals surface area contributed by atoms with Crippen molar-refractivity contribution in [2.24, 2.45) is 29.4 Å². The lowest BCUT2D eigenvalue weighted by Gasteiger charge is -2.42. The van der Waals surface area contributed by atoms with Crippen molar-refractivity contribution < 1.29 is 4.79 Å². The molecule has 3 unspecified atom stereocenters. The maximum absolute atomic E-state index is 12.6. The van der Waals surface area contributed by atoms with Gasteiger partial charge in [0.25, 0.3) is 0 Å². The Hall–Kier alpha value is -0.570. The van der Waals surface area contributed by atoms with Gasteiger partial charge >= 0.3 is 0 Å². The van der Waals surface area contributed by atoms with E-state index in [1.54, 1.807) is 0 Å². The molecule has 116 valence electrons. The van der Waals surface area contributed by atoms with Gasteiger partial charge in [0.2, 0.25) is 5.91 Å². The number of nitrogens with two attached hydrogens (primary N) is 1. The Morgan fingerprint density at radius 3 is 2.30 bits per heavy atom. The molecule has 2 fully saturated rings. The van der Waals surface area contributed by atoms with Crippen LogP contribution in [0, 0.1) is 23.7 Å². The highest BCUT2D eigenvalue weighted by atomic mass is 16.2. The number of likely N-dealkylation sites (tertiary alicyclic amines) is 1. The molecule has 2 rings (SSSR count). The summed E-state index contributed by atoms with van der Waals surface area (Å²) in [5, 5.41) is 0. The summed E-state index contributed by atoms with van der Waals surface area (Å²) in [7, 11) is 0. The van der Waals surface area contributed by atoms with E-state index in [0.717, 1.165) is 19.5 Å². The minimum Gasteiger partial charge on any atom is -0.339 e. The molecule has 1 saturated heterocycles. The maximum Gasteiger partial charge on any atom is 0.223 e. The van der Waals surface area contributed by atoms with E-state index >= 15 is 0 Å². The standard InChI is InChI=1S/C17H32N2O/c1-12-8-13(2)14(3)19(11-12)17(20)9-15-4-6-16(10-18)7-5-15/h12-16H,4-11,18H2,1-3H3. The quantitative estimate of drug-likeness (QED) is 0.863. The molecule has 3 heteroatoms. The molecule has 0 aromatic carbocycles. The van der Waals surface area contributed by atoms with Gasteiger partial charge in [-0.2, -0.15) is 0 Å². The lowest BCUT2D eigenvalue weighted by Crippen LogP contribution is -2.49. The first-order valence-corrected chi connectivity index (χ1v) is 8.50. The van der Waals surface area contributed by atoms with Gasteiger partial charge in [0.1, 0.15) is 0 Å². The lowest BCUT2D eigenvalue weighted by atomic mass is 9.79. The molecule has 2 N–H and O–H groups in total. The van der Waals surface area contributed by atoms with E-state index in [2.05, 4.69) is 25.7 Å². The van der Waals surface area contributed by atoms with Crippen LogP contribution in [-0.4, -0.2) is 29.9 Å². The van der Waals surface area contributed by atoms with Crippen LogP contribution in [-0.2, 0) is 4.79 Å². The smallest absolute Gasteiger partial charge is 0.223 e. The number of hydrogen-bond donors (Lipinski definition) is 1. The molecule has 1 amide bonds. The van der Waals surface area contributed by atoms with Crippen molar-refractivity contribution in [1.29, 1.82) is 0 Å². The summed E-state index contributed by atoms with van der Waals surface area (Å²) < 4.78 is 0. The van der Waals surface area contributed by atoms with Crippen LogP contribution >= 0.6 is 0 Å². The monoisotopic (exact) mass is 280 g/mol. The summed E-state index contributed by atoms with van der Waals surface area (Å²) in [4.78, 5) is 14.8. The number of piperidine rings is 1. The van der Waals surface area contributed by atoms with Crippen LogP contribution in [0.5, 0.6) is 0 Å². The van der Waals surface area contributed by atoms with Crippen LogP contribution in [0.2, 0.25) is 0 Å². The van der Waals surface area contributed by atoms with Crippen molar-refractivity contribution in [2.45, 2.75) is 65.3 Å². The van der Waals surface area contributed by atoms with Gasteiger partial charge < -0.3 is 10.6 Å². The molecule has 20 heavy (non-hydrogen) atoms. The number of carbonyl (C=O) groups excluding carboxylic acids is 1. The fraction of sp³-hybridized carbons (Fsp3) is 0.941. The van der Waals surface area contributed by atoms with Gasteiger partial charge in [-0.15, -0.1) is 0 Å². The van der Waals surface area contributed by atoms with Crippen LogP contribution < -0.4 is 5.73 Å². The van der Waals surface area contributed by atoms with Crippen LogP contribution in [0.3, 0.4) is 0 Å². The predicted molar refractivity (Wildman–Crippen MR) is 83.2 cm³/mol. The molecule has 3 atom stereocenters. The molecule has 3 nitrogen and oxygen atoms in total. The van der Waals surface area contributed by atoms with Crippen LogP contribution in [0.15, 0.2) is 0 Å². The molecule has 1 aliphatic carbocycles. The molecular weight excluding hydrogens is 248 g/mol. The van der Waals surface area contributed by atoms with Gasteiger partial charge in [-0.1, -0.05) is 13.8 Å². The summed E-state index contributed by atoms with van der Waals surface area (Å²) in [6.07, 6.45) is 6.85. The van der Waals surface area contributed by atoms with E-state index in [4.69, 9.17) is 5.73 Å². The van der Waals surface area contributed by atoms with E-state index in [9.17, 15) is 4.79 Å². The topological polar surface area (TPSA) is 46.3 Å². The molecule has 0 bridgehead atoms. The van der Waals surface area contributed by atoms with Gasteiger partial charge in [0.05, 0.1) is 0 Å².